The lowest BCUT2D eigenvalue weighted by Crippen LogP contribution is -2.10. The third kappa shape index (κ3) is 4.04. The molecule has 0 aliphatic carbocycles. The SMILES string of the molecule is CC[C@H](N)c1ccc(OCc2ccc(Br)cc2)cn1. The first-order valence-electron chi connectivity index (χ1n) is 6.28. The first-order valence-corrected chi connectivity index (χ1v) is 7.07. The van der Waals surface area contributed by atoms with E-state index in [1.54, 1.807) is 6.20 Å². The molecular formula is C15H17BrN2O. The van der Waals surface area contributed by atoms with Gasteiger partial charge in [0, 0.05) is 10.5 Å². The molecule has 1 aromatic carbocycles. The van der Waals surface area contributed by atoms with Crippen LogP contribution in [0.1, 0.15) is 30.6 Å². The monoisotopic (exact) mass is 320 g/mol. The summed E-state index contributed by atoms with van der Waals surface area (Å²) in [6, 6.07) is 11.9. The van der Waals surface area contributed by atoms with Crippen molar-refractivity contribution >= 4 is 15.9 Å². The highest BCUT2D eigenvalue weighted by Gasteiger charge is 2.04. The number of ether oxygens (including phenoxy) is 1. The molecule has 4 heteroatoms. The Morgan fingerprint density at radius 2 is 1.95 bits per heavy atom. The standard InChI is InChI=1S/C15H17BrN2O/c1-2-14(17)15-8-7-13(9-18-15)19-10-11-3-5-12(16)6-4-11/h3-9,14H,2,10,17H2,1H3/t14-/m0/s1. The van der Waals surface area contributed by atoms with Crippen LogP contribution in [0.5, 0.6) is 5.75 Å². The van der Waals surface area contributed by atoms with Gasteiger partial charge in [0.15, 0.2) is 0 Å². The van der Waals surface area contributed by atoms with E-state index in [1.165, 1.54) is 0 Å². The van der Waals surface area contributed by atoms with Crippen LogP contribution in [0, 0.1) is 0 Å². The van der Waals surface area contributed by atoms with Gasteiger partial charge in [-0.1, -0.05) is 35.0 Å². The van der Waals surface area contributed by atoms with Crippen molar-refractivity contribution in [2.75, 3.05) is 0 Å². The van der Waals surface area contributed by atoms with Gasteiger partial charge in [0.05, 0.1) is 11.9 Å². The van der Waals surface area contributed by atoms with E-state index in [0.717, 1.165) is 27.9 Å². The Balaban J connectivity index is 1.94. The zero-order valence-electron chi connectivity index (χ0n) is 10.8. The zero-order chi connectivity index (χ0) is 13.7. The smallest absolute Gasteiger partial charge is 0.138 e. The summed E-state index contributed by atoms with van der Waals surface area (Å²) >= 11 is 3.41. The average Bonchev–Trinajstić information content (AvgIpc) is 2.46. The summed E-state index contributed by atoms with van der Waals surface area (Å²) in [6.07, 6.45) is 2.61. The van der Waals surface area contributed by atoms with E-state index in [1.807, 2.05) is 43.3 Å². The predicted octanol–water partition coefficient (Wildman–Crippen LogP) is 3.83. The maximum absolute atomic E-state index is 5.92. The molecule has 100 valence electrons. The predicted molar refractivity (Wildman–Crippen MR) is 79.9 cm³/mol. The third-order valence-corrected chi connectivity index (χ3v) is 3.43. The van der Waals surface area contributed by atoms with Crippen molar-refractivity contribution < 1.29 is 4.74 Å². The van der Waals surface area contributed by atoms with E-state index in [-0.39, 0.29) is 6.04 Å². The fourth-order valence-electron chi connectivity index (χ4n) is 1.65. The van der Waals surface area contributed by atoms with Crippen LogP contribution >= 0.6 is 15.9 Å². The van der Waals surface area contributed by atoms with Crippen molar-refractivity contribution in [3.63, 3.8) is 0 Å². The molecule has 0 spiro atoms. The minimum absolute atomic E-state index is 0.000485. The molecule has 19 heavy (non-hydrogen) atoms. The van der Waals surface area contributed by atoms with Crippen molar-refractivity contribution in [3.8, 4) is 5.75 Å². The quantitative estimate of drug-likeness (QED) is 0.910. The Kier molecular flexibility index (Phi) is 4.93. The molecule has 2 N–H and O–H groups in total. The minimum Gasteiger partial charge on any atom is -0.487 e. The van der Waals surface area contributed by atoms with Crippen molar-refractivity contribution in [1.29, 1.82) is 0 Å². The zero-order valence-corrected chi connectivity index (χ0v) is 12.4. The number of benzene rings is 1. The molecule has 2 aromatic rings. The lowest BCUT2D eigenvalue weighted by molar-refractivity contribution is 0.304. The molecule has 0 amide bonds. The van der Waals surface area contributed by atoms with Gasteiger partial charge in [-0.3, -0.25) is 4.98 Å². The fourth-order valence-corrected chi connectivity index (χ4v) is 1.92. The summed E-state index contributed by atoms with van der Waals surface area (Å²) < 4.78 is 6.75. The van der Waals surface area contributed by atoms with Gasteiger partial charge >= 0.3 is 0 Å². The van der Waals surface area contributed by atoms with Crippen molar-refractivity contribution in [2.24, 2.45) is 5.73 Å². The number of hydrogen-bond acceptors (Lipinski definition) is 3. The Bertz CT molecular complexity index is 511. The van der Waals surface area contributed by atoms with E-state index in [0.29, 0.717) is 6.61 Å². The van der Waals surface area contributed by atoms with Crippen molar-refractivity contribution in [2.45, 2.75) is 26.0 Å². The van der Waals surface area contributed by atoms with Crippen LogP contribution in [0.3, 0.4) is 0 Å². The van der Waals surface area contributed by atoms with Gasteiger partial charge in [0.2, 0.25) is 0 Å². The lowest BCUT2D eigenvalue weighted by atomic mass is 10.1. The highest BCUT2D eigenvalue weighted by Crippen LogP contribution is 2.17. The van der Waals surface area contributed by atoms with Gasteiger partial charge < -0.3 is 10.5 Å². The number of halogens is 1. The van der Waals surface area contributed by atoms with Crippen LogP contribution in [0.25, 0.3) is 0 Å². The number of hydrogen-bond donors (Lipinski definition) is 1. The summed E-state index contributed by atoms with van der Waals surface area (Å²) in [5, 5.41) is 0. The molecule has 0 bridgehead atoms. The number of nitrogens with zero attached hydrogens (tertiary/aromatic N) is 1. The Morgan fingerprint density at radius 3 is 2.53 bits per heavy atom. The van der Waals surface area contributed by atoms with Gasteiger partial charge in [0.25, 0.3) is 0 Å². The van der Waals surface area contributed by atoms with Gasteiger partial charge in [-0.2, -0.15) is 0 Å². The maximum atomic E-state index is 5.92. The number of aromatic nitrogens is 1. The van der Waals surface area contributed by atoms with Crippen LogP contribution < -0.4 is 10.5 Å². The van der Waals surface area contributed by atoms with Crippen molar-refractivity contribution in [1.82, 2.24) is 4.98 Å². The third-order valence-electron chi connectivity index (χ3n) is 2.90. The molecule has 0 aliphatic rings. The highest BCUT2D eigenvalue weighted by atomic mass is 79.9. The van der Waals surface area contributed by atoms with Crippen LogP contribution in [0.15, 0.2) is 47.1 Å². The number of pyridine rings is 1. The number of rotatable bonds is 5. The van der Waals surface area contributed by atoms with Crippen LogP contribution in [-0.2, 0) is 6.61 Å². The first-order chi connectivity index (χ1) is 9.19. The van der Waals surface area contributed by atoms with Crippen LogP contribution in [-0.4, -0.2) is 4.98 Å². The Morgan fingerprint density at radius 1 is 1.21 bits per heavy atom. The Labute approximate surface area is 121 Å². The fraction of sp³-hybridized carbons (Fsp3) is 0.267. The summed E-state index contributed by atoms with van der Waals surface area (Å²) in [4.78, 5) is 4.32. The van der Waals surface area contributed by atoms with Crippen molar-refractivity contribution in [3.05, 3.63) is 58.3 Å². The second-order valence-corrected chi connectivity index (χ2v) is 5.26. The van der Waals surface area contributed by atoms with Gasteiger partial charge in [-0.15, -0.1) is 0 Å². The van der Waals surface area contributed by atoms with Gasteiger partial charge in [-0.25, -0.2) is 0 Å². The molecule has 0 saturated heterocycles. The second-order valence-electron chi connectivity index (χ2n) is 4.35. The molecule has 0 saturated carbocycles. The molecule has 2 rings (SSSR count). The van der Waals surface area contributed by atoms with Gasteiger partial charge in [0.1, 0.15) is 12.4 Å². The second kappa shape index (κ2) is 6.68. The molecule has 0 fully saturated rings. The molecule has 1 atom stereocenters. The Hall–Kier alpha value is -1.39. The molecular weight excluding hydrogens is 304 g/mol. The molecule has 0 radical (unpaired) electrons. The topological polar surface area (TPSA) is 48.1 Å². The molecule has 1 aromatic heterocycles. The van der Waals surface area contributed by atoms with Crippen LogP contribution in [0.2, 0.25) is 0 Å². The molecule has 3 nitrogen and oxygen atoms in total. The molecule has 1 heterocycles. The highest BCUT2D eigenvalue weighted by molar-refractivity contribution is 9.10. The average molecular weight is 321 g/mol. The van der Waals surface area contributed by atoms with Crippen LogP contribution in [0.4, 0.5) is 0 Å². The van der Waals surface area contributed by atoms with E-state index < -0.39 is 0 Å². The molecule has 0 aliphatic heterocycles. The van der Waals surface area contributed by atoms with E-state index in [2.05, 4.69) is 20.9 Å². The normalized spacial score (nSPS) is 12.2. The number of nitrogens with two attached hydrogens (primary N) is 1. The minimum atomic E-state index is 0.000485. The van der Waals surface area contributed by atoms with Gasteiger partial charge in [-0.05, 0) is 36.2 Å². The van der Waals surface area contributed by atoms with E-state index in [4.69, 9.17) is 10.5 Å². The lowest BCUT2D eigenvalue weighted by Gasteiger charge is -2.10. The largest absolute Gasteiger partial charge is 0.487 e. The summed E-state index contributed by atoms with van der Waals surface area (Å²) in [7, 11) is 0. The summed E-state index contributed by atoms with van der Waals surface area (Å²) in [5.41, 5.74) is 7.94. The molecule has 0 unspecified atom stereocenters. The summed E-state index contributed by atoms with van der Waals surface area (Å²) in [6.45, 7) is 2.58. The van der Waals surface area contributed by atoms with E-state index >= 15 is 0 Å². The van der Waals surface area contributed by atoms with E-state index in [9.17, 15) is 0 Å². The summed E-state index contributed by atoms with van der Waals surface area (Å²) in [5.74, 6) is 0.759. The maximum Gasteiger partial charge on any atom is 0.138 e. The first kappa shape index (κ1) is 14.0.